The van der Waals surface area contributed by atoms with Crippen LogP contribution in [0.5, 0.6) is 0 Å². The van der Waals surface area contributed by atoms with Crippen LogP contribution in [0.2, 0.25) is 0 Å². The summed E-state index contributed by atoms with van der Waals surface area (Å²) in [5.41, 5.74) is 5.39. The average Bonchev–Trinajstić information content (AvgIpc) is 2.72. The van der Waals surface area contributed by atoms with E-state index in [-0.39, 0.29) is 23.7 Å². The molecule has 0 spiro atoms. The fourth-order valence-electron chi connectivity index (χ4n) is 1.92. The molecule has 1 aliphatic rings. The van der Waals surface area contributed by atoms with Crippen molar-refractivity contribution in [1.82, 2.24) is 19.5 Å². The molecule has 3 heterocycles. The first kappa shape index (κ1) is 11.5. The second-order valence-corrected chi connectivity index (χ2v) is 5.33. The monoisotopic (exact) mass is 271 g/mol. The smallest absolute Gasteiger partial charge is 0.280 e. The molecule has 0 aromatic carbocycles. The lowest BCUT2D eigenvalue weighted by atomic mass is 10.2. The highest BCUT2D eigenvalue weighted by Gasteiger charge is 2.44. The molecule has 1 saturated heterocycles. The lowest BCUT2D eigenvalue weighted by molar-refractivity contribution is 0.189. The summed E-state index contributed by atoms with van der Waals surface area (Å²) in [6.07, 6.45) is 0.171. The minimum Gasteiger partial charge on any atom is -0.395 e. The molecule has 2 aromatic heterocycles. The largest absolute Gasteiger partial charge is 0.395 e. The highest BCUT2D eigenvalue weighted by atomic mass is 32.2. The van der Waals surface area contributed by atoms with Crippen LogP contribution in [0.1, 0.15) is 5.37 Å². The summed E-state index contributed by atoms with van der Waals surface area (Å²) in [4.78, 5) is 21.8. The van der Waals surface area contributed by atoms with Crippen molar-refractivity contribution in [3.63, 3.8) is 0 Å². The number of aliphatic hydroxyl groups excluding tert-OH is 1. The lowest BCUT2D eigenvalue weighted by Crippen LogP contribution is -2.41. The predicted molar refractivity (Wildman–Crippen MR) is 65.0 cm³/mol. The van der Waals surface area contributed by atoms with Gasteiger partial charge in [-0.3, -0.25) is 14.3 Å². The highest BCUT2D eigenvalue weighted by Crippen LogP contribution is 2.47. The highest BCUT2D eigenvalue weighted by molar-refractivity contribution is 8.01. The van der Waals surface area contributed by atoms with Crippen molar-refractivity contribution in [2.75, 3.05) is 12.3 Å². The van der Waals surface area contributed by atoms with Gasteiger partial charge in [0.15, 0.2) is 11.2 Å². The first-order valence-corrected chi connectivity index (χ1v) is 6.19. The topological polar surface area (TPSA) is 110 Å². The number of nitrogens with zero attached hydrogens (tertiary/aromatic N) is 3. The molecular weight excluding hydrogens is 261 g/mol. The summed E-state index contributed by atoms with van der Waals surface area (Å²) in [6, 6.07) is 0. The van der Waals surface area contributed by atoms with E-state index in [1.807, 2.05) is 0 Å². The van der Waals surface area contributed by atoms with Gasteiger partial charge in [0.1, 0.15) is 11.5 Å². The van der Waals surface area contributed by atoms with Gasteiger partial charge in [0.25, 0.3) is 5.56 Å². The molecule has 18 heavy (non-hydrogen) atoms. The van der Waals surface area contributed by atoms with Gasteiger partial charge in [-0.25, -0.2) is 9.37 Å². The Hall–Kier alpha value is -1.61. The first-order chi connectivity index (χ1) is 8.61. The maximum absolute atomic E-state index is 13.8. The maximum Gasteiger partial charge on any atom is 0.280 e. The summed E-state index contributed by atoms with van der Waals surface area (Å²) < 4.78 is 15.2. The Morgan fingerprint density at radius 2 is 2.44 bits per heavy atom. The third-order valence-corrected chi connectivity index (χ3v) is 4.37. The van der Waals surface area contributed by atoms with Gasteiger partial charge in [0.2, 0.25) is 5.95 Å². The fourth-order valence-corrected chi connectivity index (χ4v) is 3.01. The van der Waals surface area contributed by atoms with Gasteiger partial charge in [0.05, 0.1) is 18.2 Å². The fraction of sp³-hybridized carbons (Fsp3) is 0.444. The second kappa shape index (κ2) is 3.95. The van der Waals surface area contributed by atoms with Gasteiger partial charge in [-0.1, -0.05) is 0 Å². The number of hydrogen-bond donors (Lipinski definition) is 3. The maximum atomic E-state index is 13.8. The molecule has 7 nitrogen and oxygen atoms in total. The molecule has 1 fully saturated rings. The van der Waals surface area contributed by atoms with Crippen LogP contribution >= 0.6 is 11.8 Å². The van der Waals surface area contributed by atoms with Crippen LogP contribution in [-0.2, 0) is 0 Å². The Morgan fingerprint density at radius 1 is 1.67 bits per heavy atom. The molecule has 0 radical (unpaired) electrons. The zero-order valence-electron chi connectivity index (χ0n) is 9.08. The molecule has 0 aliphatic carbocycles. The molecule has 96 valence electrons. The van der Waals surface area contributed by atoms with Crippen molar-refractivity contribution < 1.29 is 9.50 Å². The van der Waals surface area contributed by atoms with Crippen LogP contribution in [0.25, 0.3) is 11.2 Å². The minimum absolute atomic E-state index is 0.0345. The van der Waals surface area contributed by atoms with Gasteiger partial charge < -0.3 is 10.8 Å². The summed E-state index contributed by atoms with van der Waals surface area (Å²) >= 11 is 1.27. The molecule has 4 N–H and O–H groups in total. The molecule has 0 saturated carbocycles. The third kappa shape index (κ3) is 1.51. The Balaban J connectivity index is 2.06. The van der Waals surface area contributed by atoms with Crippen molar-refractivity contribution in [2.24, 2.45) is 0 Å². The number of H-pyrrole nitrogens is 1. The summed E-state index contributed by atoms with van der Waals surface area (Å²) in [5.74, 6) is -0.0345. The van der Waals surface area contributed by atoms with Gasteiger partial charge in [0, 0.05) is 0 Å². The van der Waals surface area contributed by atoms with E-state index >= 15 is 0 Å². The van der Waals surface area contributed by atoms with Crippen molar-refractivity contribution in [3.8, 4) is 0 Å². The number of aromatic nitrogens is 4. The number of anilines is 1. The van der Waals surface area contributed by atoms with E-state index in [1.54, 1.807) is 0 Å². The van der Waals surface area contributed by atoms with Gasteiger partial charge in [-0.2, -0.15) is 4.98 Å². The number of halogens is 1. The van der Waals surface area contributed by atoms with Crippen LogP contribution in [-0.4, -0.2) is 42.7 Å². The van der Waals surface area contributed by atoms with Crippen molar-refractivity contribution in [2.45, 2.75) is 16.8 Å². The minimum atomic E-state index is -1.19. The van der Waals surface area contributed by atoms with Crippen molar-refractivity contribution >= 4 is 28.9 Å². The van der Waals surface area contributed by atoms with Crippen LogP contribution in [0.15, 0.2) is 11.1 Å². The van der Waals surface area contributed by atoms with Crippen LogP contribution < -0.4 is 11.3 Å². The molecule has 2 aromatic rings. The number of aliphatic hydroxyl groups is 1. The average molecular weight is 271 g/mol. The zero-order chi connectivity index (χ0) is 12.9. The van der Waals surface area contributed by atoms with Crippen LogP contribution in [0, 0.1) is 0 Å². The Morgan fingerprint density at radius 3 is 3.11 bits per heavy atom. The van der Waals surface area contributed by atoms with Crippen LogP contribution in [0.3, 0.4) is 0 Å². The number of alkyl halides is 1. The van der Waals surface area contributed by atoms with E-state index in [2.05, 4.69) is 15.0 Å². The number of fused-ring (bicyclic) bond motifs is 1. The molecular formula is C9H10FN5O2S. The Bertz CT molecular complexity index is 656. The predicted octanol–water partition coefficient (Wildman–Crippen LogP) is -0.354. The number of nitrogen functional groups attached to an aromatic ring is 1. The molecule has 0 amide bonds. The molecule has 1 aliphatic heterocycles. The lowest BCUT2D eigenvalue weighted by Gasteiger charge is -2.38. The summed E-state index contributed by atoms with van der Waals surface area (Å²) in [6.45, 7) is -0.217. The normalized spacial score (nSPS) is 27.3. The van der Waals surface area contributed by atoms with Crippen molar-refractivity contribution in [3.05, 3.63) is 16.7 Å². The Kier molecular flexibility index (Phi) is 2.52. The first-order valence-electron chi connectivity index (χ1n) is 5.24. The quantitative estimate of drug-likeness (QED) is 0.688. The SMILES string of the molecule is Nc1nc2c(ncn2[C@@H]2S[C@H](CO)[C@@H]2F)c(=O)[nH]1. The van der Waals surface area contributed by atoms with Gasteiger partial charge in [-0.05, 0) is 0 Å². The molecule has 0 unspecified atom stereocenters. The number of thioether (sulfide) groups is 1. The number of aromatic amines is 1. The Labute approximate surface area is 104 Å². The molecule has 3 atom stereocenters. The van der Waals surface area contributed by atoms with Gasteiger partial charge in [-0.15, -0.1) is 11.8 Å². The van der Waals surface area contributed by atoms with Crippen LogP contribution in [0.4, 0.5) is 10.3 Å². The summed E-state index contributed by atoms with van der Waals surface area (Å²) in [5, 5.41) is 7.93. The number of imidazole rings is 1. The number of nitrogens with two attached hydrogens (primary N) is 1. The number of hydrogen-bond acceptors (Lipinski definition) is 6. The standard InChI is InChI=1S/C9H10FN5O2S/c10-4-3(1-16)18-8(4)15-2-12-5-6(15)13-9(11)14-7(5)17/h2-4,8,16H,1H2,(H3,11,13,14,17)/t3-,4+,8-/m1/s1. The third-order valence-electron chi connectivity index (χ3n) is 2.85. The second-order valence-electron chi connectivity index (χ2n) is 3.97. The van der Waals surface area contributed by atoms with E-state index in [0.29, 0.717) is 0 Å². The molecule has 0 bridgehead atoms. The number of nitrogens with one attached hydrogen (secondary N) is 1. The molecule has 9 heteroatoms. The van der Waals surface area contributed by atoms with E-state index in [4.69, 9.17) is 10.8 Å². The molecule has 3 rings (SSSR count). The van der Waals surface area contributed by atoms with E-state index in [0.717, 1.165) is 0 Å². The van der Waals surface area contributed by atoms with E-state index in [9.17, 15) is 9.18 Å². The zero-order valence-corrected chi connectivity index (χ0v) is 9.89. The van der Waals surface area contributed by atoms with E-state index in [1.165, 1.54) is 22.7 Å². The summed E-state index contributed by atoms with van der Waals surface area (Å²) in [7, 11) is 0. The number of rotatable bonds is 2. The van der Waals surface area contributed by atoms with E-state index < -0.39 is 22.4 Å². The van der Waals surface area contributed by atoms with Gasteiger partial charge >= 0.3 is 0 Å². The van der Waals surface area contributed by atoms with Crippen molar-refractivity contribution in [1.29, 1.82) is 0 Å².